The molecule has 0 spiro atoms. The normalized spacial score (nSPS) is 31.6. The van der Waals surface area contributed by atoms with Gasteiger partial charge in [0.05, 0.1) is 16.1 Å². The van der Waals surface area contributed by atoms with Crippen LogP contribution in [-0.4, -0.2) is 12.1 Å². The van der Waals surface area contributed by atoms with E-state index in [9.17, 15) is 4.39 Å². The van der Waals surface area contributed by atoms with Gasteiger partial charge in [-0.2, -0.15) is 0 Å². The highest BCUT2D eigenvalue weighted by atomic mass is 79.9. The van der Waals surface area contributed by atoms with Crippen LogP contribution < -0.4 is 14.8 Å². The summed E-state index contributed by atoms with van der Waals surface area (Å²) in [5, 5.41) is 4.36. The Morgan fingerprint density at radius 3 is 2.44 bits per heavy atom. The lowest BCUT2D eigenvalue weighted by Crippen LogP contribution is -2.63. The first kappa shape index (κ1) is 24.4. The Bertz CT molecular complexity index is 1070. The van der Waals surface area contributed by atoms with Crippen molar-refractivity contribution in [2.24, 2.45) is 16.7 Å². The summed E-state index contributed by atoms with van der Waals surface area (Å²) in [7, 11) is 0. The molecule has 2 aromatic carbocycles. The number of ether oxygens (including phenoxy) is 2. The first-order valence-corrected chi connectivity index (χ1v) is 13.5. The van der Waals surface area contributed by atoms with E-state index in [-0.39, 0.29) is 18.0 Å². The maximum absolute atomic E-state index is 13.4. The minimum atomic E-state index is -0.358. The zero-order valence-electron chi connectivity index (χ0n) is 20.3. The quantitative estimate of drug-likeness (QED) is 0.361. The van der Waals surface area contributed by atoms with Crippen LogP contribution in [-0.2, 0) is 13.2 Å². The highest BCUT2D eigenvalue weighted by Crippen LogP contribution is 2.66. The Kier molecular flexibility index (Phi) is 6.44. The van der Waals surface area contributed by atoms with Crippen molar-refractivity contribution in [2.75, 3.05) is 6.61 Å². The molecular formula is C28H34BrClFNO2. The first-order valence-electron chi connectivity index (χ1n) is 12.4. The molecule has 0 saturated heterocycles. The molecular weight excluding hydrogens is 517 g/mol. The number of halogens is 3. The lowest BCUT2D eigenvalue weighted by Gasteiger charge is -2.65. The predicted molar refractivity (Wildman–Crippen MR) is 138 cm³/mol. The number of hydrogen-bond acceptors (Lipinski definition) is 3. The monoisotopic (exact) mass is 549 g/mol. The molecule has 6 rings (SSSR count). The zero-order valence-corrected chi connectivity index (χ0v) is 22.6. The highest BCUT2D eigenvalue weighted by Gasteiger charge is 2.59. The van der Waals surface area contributed by atoms with E-state index in [0.717, 1.165) is 22.5 Å². The molecule has 4 aliphatic rings. The summed E-state index contributed by atoms with van der Waals surface area (Å²) in [6, 6.07) is 8.53. The van der Waals surface area contributed by atoms with E-state index < -0.39 is 0 Å². The summed E-state index contributed by atoms with van der Waals surface area (Å²) in [6.07, 6.45) is 8.05. The third kappa shape index (κ3) is 4.85. The van der Waals surface area contributed by atoms with Crippen molar-refractivity contribution in [3.8, 4) is 11.5 Å². The second kappa shape index (κ2) is 8.97. The summed E-state index contributed by atoms with van der Waals surface area (Å²) in [5.74, 6) is 1.85. The molecule has 1 N–H and O–H groups in total. The molecule has 0 radical (unpaired) electrons. The zero-order chi connectivity index (χ0) is 24.1. The van der Waals surface area contributed by atoms with Crippen LogP contribution in [0.25, 0.3) is 0 Å². The molecule has 2 aromatic rings. The van der Waals surface area contributed by atoms with Gasteiger partial charge in [-0.3, -0.25) is 0 Å². The standard InChI is InChI=1S/C28H34BrClFNO2/c1-4-33-24-8-18(7-22(29)25(24)34-14-20-5-6-21(31)9-23(20)30)13-32-28-12-19-10-26(2,16-28)15-27(3,11-19)17-28/h5-9,19,32H,4,10-17H2,1-3H3. The summed E-state index contributed by atoms with van der Waals surface area (Å²) >= 11 is 9.88. The molecule has 2 unspecified atom stereocenters. The van der Waals surface area contributed by atoms with Gasteiger partial charge in [0.2, 0.25) is 0 Å². The fraction of sp³-hybridized carbons (Fsp3) is 0.571. The van der Waals surface area contributed by atoms with E-state index in [2.05, 4.69) is 47.2 Å². The van der Waals surface area contributed by atoms with Gasteiger partial charge in [0.15, 0.2) is 11.5 Å². The summed E-state index contributed by atoms with van der Waals surface area (Å²) in [4.78, 5) is 0. The smallest absolute Gasteiger partial charge is 0.175 e. The van der Waals surface area contributed by atoms with Gasteiger partial charge in [-0.25, -0.2) is 4.39 Å². The van der Waals surface area contributed by atoms with E-state index in [1.165, 1.54) is 56.2 Å². The lowest BCUT2D eigenvalue weighted by atomic mass is 9.43. The van der Waals surface area contributed by atoms with Crippen molar-refractivity contribution in [2.45, 2.75) is 78.0 Å². The molecule has 34 heavy (non-hydrogen) atoms. The number of nitrogens with one attached hydrogen (secondary N) is 1. The van der Waals surface area contributed by atoms with Crippen molar-refractivity contribution < 1.29 is 13.9 Å². The average Bonchev–Trinajstić information content (AvgIpc) is 2.70. The van der Waals surface area contributed by atoms with Crippen molar-refractivity contribution in [3.63, 3.8) is 0 Å². The van der Waals surface area contributed by atoms with Gasteiger partial charge >= 0.3 is 0 Å². The first-order chi connectivity index (χ1) is 16.1. The highest BCUT2D eigenvalue weighted by molar-refractivity contribution is 9.10. The number of rotatable bonds is 8. The Morgan fingerprint density at radius 2 is 1.79 bits per heavy atom. The van der Waals surface area contributed by atoms with Crippen molar-refractivity contribution >= 4 is 27.5 Å². The minimum absolute atomic E-state index is 0.233. The molecule has 0 aliphatic heterocycles. The van der Waals surface area contributed by atoms with E-state index >= 15 is 0 Å². The number of hydrogen-bond donors (Lipinski definition) is 1. The molecule has 4 bridgehead atoms. The van der Waals surface area contributed by atoms with Gasteiger partial charge in [-0.15, -0.1) is 0 Å². The molecule has 2 atom stereocenters. The SMILES string of the molecule is CCOc1cc(CNC23CC4CC(C)(CC(C)(C4)C2)C3)cc(Br)c1OCc1ccc(F)cc1Cl. The third-order valence-electron chi connectivity index (χ3n) is 8.05. The molecule has 3 nitrogen and oxygen atoms in total. The van der Waals surface area contributed by atoms with Crippen LogP contribution in [0.1, 0.15) is 70.4 Å². The van der Waals surface area contributed by atoms with Gasteiger partial charge in [0, 0.05) is 17.6 Å². The van der Waals surface area contributed by atoms with Gasteiger partial charge in [-0.05, 0) is 108 Å². The van der Waals surface area contributed by atoms with Crippen molar-refractivity contribution in [1.29, 1.82) is 0 Å². The second-order valence-electron chi connectivity index (χ2n) is 11.6. The van der Waals surface area contributed by atoms with Crippen LogP contribution in [0.5, 0.6) is 11.5 Å². The van der Waals surface area contributed by atoms with Crippen LogP contribution in [0.15, 0.2) is 34.8 Å². The van der Waals surface area contributed by atoms with E-state index in [0.29, 0.717) is 34.0 Å². The van der Waals surface area contributed by atoms with Crippen LogP contribution in [0.3, 0.4) is 0 Å². The van der Waals surface area contributed by atoms with Crippen LogP contribution in [0.2, 0.25) is 5.02 Å². The maximum Gasteiger partial charge on any atom is 0.175 e. The van der Waals surface area contributed by atoms with Crippen molar-refractivity contribution in [3.05, 3.63) is 56.8 Å². The Balaban J connectivity index is 1.32. The fourth-order valence-electron chi connectivity index (χ4n) is 7.85. The van der Waals surface area contributed by atoms with E-state index in [1.54, 1.807) is 6.07 Å². The van der Waals surface area contributed by atoms with Gasteiger partial charge < -0.3 is 14.8 Å². The van der Waals surface area contributed by atoms with Gasteiger partial charge in [0.1, 0.15) is 12.4 Å². The third-order valence-corrected chi connectivity index (χ3v) is 8.99. The lowest BCUT2D eigenvalue weighted by molar-refractivity contribution is -0.118. The van der Waals surface area contributed by atoms with Gasteiger partial charge in [0.25, 0.3) is 0 Å². The molecule has 4 saturated carbocycles. The topological polar surface area (TPSA) is 30.5 Å². The van der Waals surface area contributed by atoms with Gasteiger partial charge in [-0.1, -0.05) is 31.5 Å². The predicted octanol–water partition coefficient (Wildman–Crippen LogP) is 8.06. The maximum atomic E-state index is 13.4. The van der Waals surface area contributed by atoms with Crippen LogP contribution in [0, 0.1) is 22.6 Å². The van der Waals surface area contributed by atoms with E-state index in [1.807, 2.05) is 6.92 Å². The summed E-state index contributed by atoms with van der Waals surface area (Å²) in [5.41, 5.74) is 3.12. The Morgan fingerprint density at radius 1 is 1.06 bits per heavy atom. The largest absolute Gasteiger partial charge is 0.490 e. The fourth-order valence-corrected chi connectivity index (χ4v) is 8.68. The molecule has 0 amide bonds. The Hall–Kier alpha value is -1.30. The molecule has 0 heterocycles. The molecule has 6 heteroatoms. The summed E-state index contributed by atoms with van der Waals surface area (Å²) < 4.78 is 26.3. The van der Waals surface area contributed by atoms with Crippen molar-refractivity contribution in [1.82, 2.24) is 5.32 Å². The molecule has 184 valence electrons. The molecule has 0 aromatic heterocycles. The minimum Gasteiger partial charge on any atom is -0.490 e. The number of benzene rings is 2. The van der Waals surface area contributed by atoms with Crippen LogP contribution >= 0.6 is 27.5 Å². The average molecular weight is 551 g/mol. The summed E-state index contributed by atoms with van der Waals surface area (Å²) in [6.45, 7) is 8.57. The molecule has 4 aliphatic carbocycles. The van der Waals surface area contributed by atoms with Crippen LogP contribution in [0.4, 0.5) is 4.39 Å². The Labute approximate surface area is 215 Å². The second-order valence-corrected chi connectivity index (χ2v) is 12.9. The molecule has 4 fully saturated rings. The van der Waals surface area contributed by atoms with E-state index in [4.69, 9.17) is 21.1 Å².